The minimum absolute atomic E-state index is 0.121. The lowest BCUT2D eigenvalue weighted by Crippen LogP contribution is -1.98. The number of rotatable bonds is 2. The van der Waals surface area contributed by atoms with Crippen LogP contribution in [0.15, 0.2) is 24.5 Å². The van der Waals surface area contributed by atoms with Crippen LogP contribution in [0.3, 0.4) is 0 Å². The number of aromatic nitrogens is 3. The molecule has 0 aliphatic heterocycles. The molecule has 0 saturated carbocycles. The molecule has 80 valence electrons. The van der Waals surface area contributed by atoms with Crippen LogP contribution < -0.4 is 10.5 Å². The second-order valence-corrected chi connectivity index (χ2v) is 3.05. The number of hydrogen-bond donors (Lipinski definition) is 1. The number of ether oxygens (including phenoxy) is 1. The molecule has 0 saturated heterocycles. The summed E-state index contributed by atoms with van der Waals surface area (Å²) in [5.41, 5.74) is 6.97. The first-order valence-corrected chi connectivity index (χ1v) is 4.50. The van der Waals surface area contributed by atoms with Gasteiger partial charge in [0.15, 0.2) is 0 Å². The molecule has 0 aliphatic carbocycles. The summed E-state index contributed by atoms with van der Waals surface area (Å²) in [6.07, 6.45) is 1.46. The molecule has 0 radical (unpaired) electrons. The van der Waals surface area contributed by atoms with E-state index in [0.717, 1.165) is 5.69 Å². The highest BCUT2D eigenvalue weighted by molar-refractivity contribution is 5.57. The van der Waals surface area contributed by atoms with Crippen LogP contribution in [0.5, 0.6) is 5.75 Å². The quantitative estimate of drug-likeness (QED) is 0.746. The first kappa shape index (κ1) is 9.98. The van der Waals surface area contributed by atoms with Gasteiger partial charge in [0.25, 0.3) is 5.82 Å². The molecule has 0 fully saturated rings. The fourth-order valence-corrected chi connectivity index (χ4v) is 1.28. The molecule has 0 atom stereocenters. The van der Waals surface area contributed by atoms with Gasteiger partial charge in [-0.05, 0) is 12.1 Å². The molecule has 0 amide bonds. The van der Waals surface area contributed by atoms with Crippen LogP contribution in [-0.4, -0.2) is 21.9 Å². The third-order valence-corrected chi connectivity index (χ3v) is 2.07. The zero-order chi connectivity index (χ0) is 11.5. The lowest BCUT2D eigenvalue weighted by molar-refractivity contribution is 0.416. The SMILES string of the molecule is COc1cc(-n2cnc(C#N)n2)ccc1N. The molecule has 2 aromatic rings. The van der Waals surface area contributed by atoms with Crippen LogP contribution in [-0.2, 0) is 0 Å². The van der Waals surface area contributed by atoms with E-state index in [9.17, 15) is 0 Å². The van der Waals surface area contributed by atoms with Crippen LogP contribution in [0, 0.1) is 11.3 Å². The molecule has 0 aliphatic rings. The van der Waals surface area contributed by atoms with E-state index in [1.54, 1.807) is 18.2 Å². The van der Waals surface area contributed by atoms with Gasteiger partial charge in [-0.3, -0.25) is 0 Å². The Hall–Kier alpha value is -2.55. The molecule has 2 rings (SSSR count). The molecular weight excluding hydrogens is 206 g/mol. The second kappa shape index (κ2) is 3.90. The van der Waals surface area contributed by atoms with Gasteiger partial charge in [-0.25, -0.2) is 9.67 Å². The summed E-state index contributed by atoms with van der Waals surface area (Å²) < 4.78 is 6.58. The van der Waals surface area contributed by atoms with Crippen molar-refractivity contribution in [2.45, 2.75) is 0 Å². The number of nitrogens with zero attached hydrogens (tertiary/aromatic N) is 4. The monoisotopic (exact) mass is 215 g/mol. The fraction of sp³-hybridized carbons (Fsp3) is 0.100. The maximum atomic E-state index is 8.61. The number of methoxy groups -OCH3 is 1. The molecule has 16 heavy (non-hydrogen) atoms. The van der Waals surface area contributed by atoms with Crippen molar-refractivity contribution in [3.8, 4) is 17.5 Å². The van der Waals surface area contributed by atoms with Crippen molar-refractivity contribution in [1.29, 1.82) is 5.26 Å². The van der Waals surface area contributed by atoms with Gasteiger partial charge in [-0.1, -0.05) is 0 Å². The minimum atomic E-state index is 0.121. The fourth-order valence-electron chi connectivity index (χ4n) is 1.28. The Balaban J connectivity index is 2.45. The zero-order valence-corrected chi connectivity index (χ0v) is 8.58. The number of hydrogen-bond acceptors (Lipinski definition) is 5. The molecule has 0 spiro atoms. The highest BCUT2D eigenvalue weighted by Gasteiger charge is 2.05. The van der Waals surface area contributed by atoms with Gasteiger partial charge in [0.05, 0.1) is 18.5 Å². The van der Waals surface area contributed by atoms with Gasteiger partial charge in [0.2, 0.25) is 0 Å². The van der Waals surface area contributed by atoms with Crippen molar-refractivity contribution >= 4 is 5.69 Å². The lowest BCUT2D eigenvalue weighted by Gasteiger charge is -2.06. The smallest absolute Gasteiger partial charge is 0.252 e. The first-order chi connectivity index (χ1) is 7.74. The average Bonchev–Trinajstić information content (AvgIpc) is 2.78. The third kappa shape index (κ3) is 1.66. The first-order valence-electron chi connectivity index (χ1n) is 4.50. The minimum Gasteiger partial charge on any atom is -0.495 e. The Labute approximate surface area is 91.9 Å². The van der Waals surface area contributed by atoms with E-state index in [1.807, 2.05) is 6.07 Å². The van der Waals surface area contributed by atoms with E-state index in [0.29, 0.717) is 11.4 Å². The summed E-state index contributed by atoms with van der Waals surface area (Å²) in [7, 11) is 1.54. The number of anilines is 1. The van der Waals surface area contributed by atoms with E-state index in [2.05, 4.69) is 10.1 Å². The van der Waals surface area contributed by atoms with Gasteiger partial charge in [-0.15, -0.1) is 5.10 Å². The molecule has 2 N–H and O–H groups in total. The normalized spacial score (nSPS) is 9.75. The third-order valence-electron chi connectivity index (χ3n) is 2.07. The maximum Gasteiger partial charge on any atom is 0.252 e. The van der Waals surface area contributed by atoms with Gasteiger partial charge in [0.1, 0.15) is 18.1 Å². The zero-order valence-electron chi connectivity index (χ0n) is 8.58. The highest BCUT2D eigenvalue weighted by Crippen LogP contribution is 2.23. The second-order valence-electron chi connectivity index (χ2n) is 3.05. The number of nitrogens with two attached hydrogens (primary N) is 1. The van der Waals surface area contributed by atoms with Gasteiger partial charge < -0.3 is 10.5 Å². The standard InChI is InChI=1S/C10H9N5O/c1-16-9-4-7(2-3-8(9)12)15-6-13-10(5-11)14-15/h2-4,6H,12H2,1H3. The Kier molecular flexibility index (Phi) is 2.44. The van der Waals surface area contributed by atoms with Crippen LogP contribution in [0.1, 0.15) is 5.82 Å². The van der Waals surface area contributed by atoms with Crippen molar-refractivity contribution < 1.29 is 4.74 Å². The van der Waals surface area contributed by atoms with Gasteiger partial charge in [-0.2, -0.15) is 5.26 Å². The molecule has 0 unspecified atom stereocenters. The summed E-state index contributed by atoms with van der Waals surface area (Å²) in [6, 6.07) is 7.07. The molecule has 0 bridgehead atoms. The summed E-state index contributed by atoms with van der Waals surface area (Å²) in [5, 5.41) is 12.6. The molecule has 1 heterocycles. The predicted octanol–water partition coefficient (Wildman–Crippen LogP) is 0.730. The summed E-state index contributed by atoms with van der Waals surface area (Å²) in [5.74, 6) is 0.683. The van der Waals surface area contributed by atoms with Crippen LogP contribution in [0.2, 0.25) is 0 Å². The van der Waals surface area contributed by atoms with Crippen molar-refractivity contribution in [1.82, 2.24) is 14.8 Å². The Morgan fingerprint density at radius 1 is 1.50 bits per heavy atom. The Morgan fingerprint density at radius 2 is 2.31 bits per heavy atom. The Bertz CT molecular complexity index is 555. The molecule has 1 aromatic carbocycles. The van der Waals surface area contributed by atoms with E-state index in [1.165, 1.54) is 18.1 Å². The van der Waals surface area contributed by atoms with Crippen molar-refractivity contribution in [3.05, 3.63) is 30.4 Å². The van der Waals surface area contributed by atoms with Crippen molar-refractivity contribution in [3.63, 3.8) is 0 Å². The van der Waals surface area contributed by atoms with Crippen LogP contribution in [0.25, 0.3) is 5.69 Å². The van der Waals surface area contributed by atoms with E-state index in [4.69, 9.17) is 15.7 Å². The van der Waals surface area contributed by atoms with Gasteiger partial charge in [0, 0.05) is 6.07 Å². The van der Waals surface area contributed by atoms with Crippen LogP contribution >= 0.6 is 0 Å². The summed E-state index contributed by atoms with van der Waals surface area (Å²) in [6.45, 7) is 0. The van der Waals surface area contributed by atoms with Crippen LogP contribution in [0.4, 0.5) is 5.69 Å². The van der Waals surface area contributed by atoms with E-state index >= 15 is 0 Å². The Morgan fingerprint density at radius 3 is 2.94 bits per heavy atom. The lowest BCUT2D eigenvalue weighted by atomic mass is 10.2. The molecular formula is C10H9N5O. The van der Waals surface area contributed by atoms with Crippen molar-refractivity contribution in [2.24, 2.45) is 0 Å². The maximum absolute atomic E-state index is 8.61. The molecule has 1 aromatic heterocycles. The number of benzene rings is 1. The number of nitriles is 1. The predicted molar refractivity (Wildman–Crippen MR) is 57.0 cm³/mol. The molecule has 6 nitrogen and oxygen atoms in total. The summed E-state index contributed by atoms with van der Waals surface area (Å²) >= 11 is 0. The topological polar surface area (TPSA) is 89.8 Å². The van der Waals surface area contributed by atoms with Gasteiger partial charge >= 0.3 is 0 Å². The van der Waals surface area contributed by atoms with Crippen molar-refractivity contribution in [2.75, 3.05) is 12.8 Å². The summed E-state index contributed by atoms with van der Waals surface area (Å²) in [4.78, 5) is 3.81. The molecule has 6 heteroatoms. The van der Waals surface area contributed by atoms with E-state index < -0.39 is 0 Å². The largest absolute Gasteiger partial charge is 0.495 e. The highest BCUT2D eigenvalue weighted by atomic mass is 16.5. The number of nitrogen functional groups attached to an aromatic ring is 1. The average molecular weight is 215 g/mol. The van der Waals surface area contributed by atoms with E-state index in [-0.39, 0.29) is 5.82 Å².